The fraction of sp³-hybridized carbons (Fsp3) is 0.161. The zero-order valence-electron chi connectivity index (χ0n) is 20.7. The van der Waals surface area contributed by atoms with Crippen molar-refractivity contribution in [2.45, 2.75) is 25.8 Å². The van der Waals surface area contributed by atoms with Crippen molar-refractivity contribution in [3.8, 4) is 22.3 Å². The average Bonchev–Trinajstić information content (AvgIpc) is 3.62. The summed E-state index contributed by atoms with van der Waals surface area (Å²) in [6.07, 6.45) is 7.20. The molecule has 2 N–H and O–H groups in total. The second-order valence-electron chi connectivity index (χ2n) is 9.99. The number of aromatic amines is 1. The molecule has 7 heteroatoms. The van der Waals surface area contributed by atoms with Crippen molar-refractivity contribution in [3.05, 3.63) is 102 Å². The number of H-pyrrole nitrogens is 1. The molecule has 1 aliphatic heterocycles. The number of rotatable bonds is 5. The maximum atomic E-state index is 13.5. The summed E-state index contributed by atoms with van der Waals surface area (Å²) in [7, 11) is 0. The highest BCUT2D eigenvalue weighted by Gasteiger charge is 2.30. The van der Waals surface area contributed by atoms with Gasteiger partial charge in [-0.1, -0.05) is 24.3 Å². The van der Waals surface area contributed by atoms with Crippen molar-refractivity contribution in [2.24, 2.45) is 10.9 Å². The number of carbonyl (C=O) groups is 1. The number of fused-ring (bicyclic) bond motifs is 2. The first-order valence-corrected chi connectivity index (χ1v) is 12.8. The van der Waals surface area contributed by atoms with Crippen LogP contribution in [0.1, 0.15) is 42.8 Å². The highest BCUT2D eigenvalue weighted by molar-refractivity contribution is 6.17. The van der Waals surface area contributed by atoms with E-state index in [0.29, 0.717) is 5.69 Å². The summed E-state index contributed by atoms with van der Waals surface area (Å²) < 4.78 is 13.5. The number of nitrogens with one attached hydrogen (secondary N) is 2. The molecule has 1 saturated carbocycles. The van der Waals surface area contributed by atoms with Gasteiger partial charge in [0.15, 0.2) is 0 Å². The maximum absolute atomic E-state index is 13.5. The molecule has 1 fully saturated rings. The number of nitrogens with zero attached hydrogens (tertiary/aromatic N) is 3. The zero-order chi connectivity index (χ0) is 25.8. The van der Waals surface area contributed by atoms with Crippen LogP contribution in [0, 0.1) is 11.7 Å². The monoisotopic (exact) mass is 501 g/mol. The van der Waals surface area contributed by atoms with Crippen LogP contribution < -0.4 is 5.32 Å². The lowest BCUT2D eigenvalue weighted by atomic mass is 9.99. The molecule has 0 unspecified atom stereocenters. The van der Waals surface area contributed by atoms with Crippen molar-refractivity contribution in [1.29, 1.82) is 0 Å². The molecule has 1 amide bonds. The third-order valence-corrected chi connectivity index (χ3v) is 7.25. The van der Waals surface area contributed by atoms with E-state index in [1.54, 1.807) is 24.5 Å². The Hall–Kier alpha value is -4.65. The molecular formula is C31H24FN5O. The molecular weight excluding hydrogens is 477 g/mol. The first kappa shape index (κ1) is 22.5. The van der Waals surface area contributed by atoms with Gasteiger partial charge in [0.1, 0.15) is 5.82 Å². The van der Waals surface area contributed by atoms with Gasteiger partial charge in [-0.15, -0.1) is 0 Å². The van der Waals surface area contributed by atoms with Crippen molar-refractivity contribution >= 4 is 28.2 Å². The molecule has 0 radical (unpaired) electrons. The molecule has 0 bridgehead atoms. The van der Waals surface area contributed by atoms with Crippen LogP contribution in [0.3, 0.4) is 0 Å². The Kier molecular flexibility index (Phi) is 5.18. The first-order valence-electron chi connectivity index (χ1n) is 12.8. The molecule has 0 saturated heterocycles. The van der Waals surface area contributed by atoms with E-state index < -0.39 is 0 Å². The molecule has 7 rings (SSSR count). The van der Waals surface area contributed by atoms with E-state index in [4.69, 9.17) is 9.98 Å². The van der Waals surface area contributed by atoms with Crippen LogP contribution in [0.25, 0.3) is 33.2 Å². The highest BCUT2D eigenvalue weighted by atomic mass is 19.1. The number of aromatic nitrogens is 3. The Bertz CT molecular complexity index is 1750. The van der Waals surface area contributed by atoms with Crippen molar-refractivity contribution < 1.29 is 9.18 Å². The number of pyridine rings is 2. The van der Waals surface area contributed by atoms with Gasteiger partial charge in [-0.05, 0) is 67.3 Å². The normalized spacial score (nSPS) is 16.4. The number of aliphatic imine (C=N–C) groups is 1. The number of halogens is 1. The predicted octanol–water partition coefficient (Wildman–Crippen LogP) is 6.69. The third-order valence-electron chi connectivity index (χ3n) is 7.25. The molecule has 6 nitrogen and oxygen atoms in total. The molecule has 5 aromatic rings. The molecule has 1 atom stereocenters. The largest absolute Gasteiger partial charge is 0.353 e. The fourth-order valence-corrected chi connectivity index (χ4v) is 5.11. The minimum atomic E-state index is -0.254. The topological polar surface area (TPSA) is 83.0 Å². The molecule has 0 spiro atoms. The van der Waals surface area contributed by atoms with Gasteiger partial charge in [0.05, 0.1) is 35.0 Å². The van der Waals surface area contributed by atoms with Crippen molar-refractivity contribution in [2.75, 3.05) is 5.32 Å². The quantitative estimate of drug-likeness (QED) is 0.281. The summed E-state index contributed by atoms with van der Waals surface area (Å²) in [5.74, 6) is -0.0746. The second kappa shape index (κ2) is 8.73. The van der Waals surface area contributed by atoms with Gasteiger partial charge in [0.2, 0.25) is 5.91 Å². The van der Waals surface area contributed by atoms with Gasteiger partial charge < -0.3 is 10.3 Å². The lowest BCUT2D eigenvalue weighted by Crippen LogP contribution is -2.13. The van der Waals surface area contributed by atoms with E-state index in [1.807, 2.05) is 37.4 Å². The van der Waals surface area contributed by atoms with E-state index in [0.717, 1.165) is 68.7 Å². The number of benzene rings is 2. The molecule has 3 aromatic heterocycles. The molecule has 2 aromatic carbocycles. The summed E-state index contributed by atoms with van der Waals surface area (Å²) >= 11 is 0. The van der Waals surface area contributed by atoms with Gasteiger partial charge in [-0.3, -0.25) is 19.8 Å². The van der Waals surface area contributed by atoms with E-state index in [9.17, 15) is 9.18 Å². The van der Waals surface area contributed by atoms with Gasteiger partial charge in [-0.25, -0.2) is 4.39 Å². The van der Waals surface area contributed by atoms with Crippen LogP contribution in [0.5, 0.6) is 0 Å². The fourth-order valence-electron chi connectivity index (χ4n) is 5.11. The van der Waals surface area contributed by atoms with E-state index in [-0.39, 0.29) is 23.7 Å². The molecule has 2 aliphatic rings. The minimum absolute atomic E-state index is 0.0538. The van der Waals surface area contributed by atoms with Gasteiger partial charge >= 0.3 is 0 Å². The summed E-state index contributed by atoms with van der Waals surface area (Å²) in [5, 5.41) is 4.02. The molecule has 38 heavy (non-hydrogen) atoms. The Morgan fingerprint density at radius 3 is 2.58 bits per heavy atom. The summed E-state index contributed by atoms with van der Waals surface area (Å²) in [5.41, 5.74) is 9.09. The van der Waals surface area contributed by atoms with E-state index in [1.165, 1.54) is 12.1 Å². The SMILES string of the molecule is C[C@@H]1N=C(c2cc3c(-c4ccc(F)cc4)cccc3[nH]2)c2cc(-c3cncc(NC(=O)C4CC4)c3)cnc21. The summed E-state index contributed by atoms with van der Waals surface area (Å²) in [4.78, 5) is 29.8. The number of amides is 1. The zero-order valence-corrected chi connectivity index (χ0v) is 20.7. The summed E-state index contributed by atoms with van der Waals surface area (Å²) in [6.45, 7) is 2.04. The average molecular weight is 502 g/mol. The van der Waals surface area contributed by atoms with E-state index >= 15 is 0 Å². The predicted molar refractivity (Wildman–Crippen MR) is 147 cm³/mol. The molecule has 186 valence electrons. The maximum Gasteiger partial charge on any atom is 0.227 e. The van der Waals surface area contributed by atoms with Gasteiger partial charge in [0, 0.05) is 45.9 Å². The Balaban J connectivity index is 1.26. The number of anilines is 1. The Morgan fingerprint density at radius 2 is 1.76 bits per heavy atom. The number of hydrogen-bond donors (Lipinski definition) is 2. The first-order chi connectivity index (χ1) is 18.5. The van der Waals surface area contributed by atoms with Crippen LogP contribution in [0.15, 0.2) is 84.2 Å². The lowest BCUT2D eigenvalue weighted by Gasteiger charge is -2.09. The van der Waals surface area contributed by atoms with Gasteiger partial charge in [0.25, 0.3) is 0 Å². The smallest absolute Gasteiger partial charge is 0.227 e. The molecule has 1 aliphatic carbocycles. The highest BCUT2D eigenvalue weighted by Crippen LogP contribution is 2.36. The Labute approximate surface area is 218 Å². The van der Waals surface area contributed by atoms with Crippen LogP contribution in [-0.4, -0.2) is 26.6 Å². The Morgan fingerprint density at radius 1 is 0.947 bits per heavy atom. The van der Waals surface area contributed by atoms with Crippen molar-refractivity contribution in [1.82, 2.24) is 15.0 Å². The summed E-state index contributed by atoms with van der Waals surface area (Å²) in [6, 6.07) is 18.7. The van der Waals surface area contributed by atoms with Crippen LogP contribution in [0.2, 0.25) is 0 Å². The van der Waals surface area contributed by atoms with Gasteiger partial charge in [-0.2, -0.15) is 0 Å². The van der Waals surface area contributed by atoms with Crippen LogP contribution >= 0.6 is 0 Å². The van der Waals surface area contributed by atoms with Crippen LogP contribution in [-0.2, 0) is 4.79 Å². The third kappa shape index (κ3) is 3.96. The second-order valence-corrected chi connectivity index (χ2v) is 9.99. The number of carbonyl (C=O) groups excluding carboxylic acids is 1. The van der Waals surface area contributed by atoms with Crippen molar-refractivity contribution in [3.63, 3.8) is 0 Å². The van der Waals surface area contributed by atoms with Crippen LogP contribution in [0.4, 0.5) is 10.1 Å². The molecule has 4 heterocycles. The minimum Gasteiger partial charge on any atom is -0.353 e. The standard InChI is InChI=1S/C31H24FN5O/c1-17-29-26(12-21(15-34-29)20-11-23(16-33-14-20)36-31(38)19-5-6-19)30(35-17)28-13-25-24(3-2-4-27(25)37-28)18-7-9-22(32)10-8-18/h2-4,7-17,19,37H,5-6H2,1H3,(H,36,38)/t17-/m0/s1. The number of hydrogen-bond acceptors (Lipinski definition) is 4. The lowest BCUT2D eigenvalue weighted by molar-refractivity contribution is -0.117. The van der Waals surface area contributed by atoms with E-state index in [2.05, 4.69) is 27.4 Å².